The molecule has 2 heterocycles. The van der Waals surface area contributed by atoms with Crippen LogP contribution in [0.3, 0.4) is 0 Å². The topological polar surface area (TPSA) is 71.2 Å². The molecule has 23 heavy (non-hydrogen) atoms. The summed E-state index contributed by atoms with van der Waals surface area (Å²) in [5, 5.41) is 19.5. The van der Waals surface area contributed by atoms with Crippen molar-refractivity contribution in [2.45, 2.75) is 26.0 Å². The fraction of sp³-hybridized carbons (Fsp3) is 0.222. The first-order chi connectivity index (χ1) is 11.1. The van der Waals surface area contributed by atoms with Crippen LogP contribution in [-0.4, -0.2) is 30.9 Å². The van der Waals surface area contributed by atoms with E-state index in [1.54, 1.807) is 37.8 Å². The summed E-state index contributed by atoms with van der Waals surface area (Å²) < 4.78 is 2.01. The SMILES string of the molecule is CC(O)Cc1c(-c2ccncc2)ncn1Cc1cccc(O)c1. The molecule has 0 saturated heterocycles. The summed E-state index contributed by atoms with van der Waals surface area (Å²) in [6, 6.07) is 11.0. The second kappa shape index (κ2) is 6.62. The average Bonchev–Trinajstić information content (AvgIpc) is 2.90. The van der Waals surface area contributed by atoms with E-state index in [0.29, 0.717) is 13.0 Å². The van der Waals surface area contributed by atoms with E-state index >= 15 is 0 Å². The molecular formula is C18H19N3O2. The van der Waals surface area contributed by atoms with Crippen molar-refractivity contribution in [1.29, 1.82) is 0 Å². The van der Waals surface area contributed by atoms with Crippen molar-refractivity contribution >= 4 is 0 Å². The van der Waals surface area contributed by atoms with Crippen LogP contribution >= 0.6 is 0 Å². The van der Waals surface area contributed by atoms with Gasteiger partial charge in [0.25, 0.3) is 0 Å². The van der Waals surface area contributed by atoms with Gasteiger partial charge in [-0.15, -0.1) is 0 Å². The maximum Gasteiger partial charge on any atom is 0.115 e. The molecule has 0 fully saturated rings. The number of nitrogens with zero attached hydrogens (tertiary/aromatic N) is 3. The summed E-state index contributed by atoms with van der Waals surface area (Å²) in [5.41, 5.74) is 3.78. The van der Waals surface area contributed by atoms with E-state index in [9.17, 15) is 10.2 Å². The van der Waals surface area contributed by atoms with Gasteiger partial charge in [0.1, 0.15) is 5.75 Å². The Kier molecular flexibility index (Phi) is 4.39. The van der Waals surface area contributed by atoms with Crippen LogP contribution in [0.15, 0.2) is 55.1 Å². The second-order valence-corrected chi connectivity index (χ2v) is 5.63. The number of imidazole rings is 1. The number of hydrogen-bond acceptors (Lipinski definition) is 4. The van der Waals surface area contributed by atoms with Gasteiger partial charge >= 0.3 is 0 Å². The van der Waals surface area contributed by atoms with Gasteiger partial charge in [0.05, 0.1) is 18.1 Å². The van der Waals surface area contributed by atoms with Crippen LogP contribution in [-0.2, 0) is 13.0 Å². The van der Waals surface area contributed by atoms with Crippen LogP contribution in [0.5, 0.6) is 5.75 Å². The molecule has 1 atom stereocenters. The number of phenols is 1. The third-order valence-electron chi connectivity index (χ3n) is 3.65. The molecule has 118 valence electrons. The Balaban J connectivity index is 1.98. The lowest BCUT2D eigenvalue weighted by Gasteiger charge is -2.12. The number of phenolic OH excluding ortho intramolecular Hbond substituents is 1. The van der Waals surface area contributed by atoms with Gasteiger partial charge in [0.15, 0.2) is 0 Å². The fourth-order valence-electron chi connectivity index (χ4n) is 2.64. The lowest BCUT2D eigenvalue weighted by Crippen LogP contribution is -2.11. The number of rotatable bonds is 5. The molecule has 2 aromatic heterocycles. The minimum atomic E-state index is -0.463. The number of benzene rings is 1. The van der Waals surface area contributed by atoms with Crippen molar-refractivity contribution in [3.8, 4) is 17.0 Å². The average molecular weight is 309 g/mol. The monoisotopic (exact) mass is 309 g/mol. The molecule has 1 aromatic carbocycles. The van der Waals surface area contributed by atoms with Crippen molar-refractivity contribution in [2.75, 3.05) is 0 Å². The summed E-state index contributed by atoms with van der Waals surface area (Å²) in [6.07, 6.45) is 5.29. The predicted octanol–water partition coefficient (Wildman–Crippen LogP) is 2.62. The summed E-state index contributed by atoms with van der Waals surface area (Å²) in [6.45, 7) is 2.36. The Morgan fingerprint density at radius 2 is 1.96 bits per heavy atom. The molecule has 2 N–H and O–H groups in total. The van der Waals surface area contributed by atoms with Gasteiger partial charge < -0.3 is 14.8 Å². The van der Waals surface area contributed by atoms with E-state index in [0.717, 1.165) is 22.5 Å². The first-order valence-electron chi connectivity index (χ1n) is 7.54. The highest BCUT2D eigenvalue weighted by molar-refractivity contribution is 5.61. The zero-order valence-corrected chi connectivity index (χ0v) is 12.9. The van der Waals surface area contributed by atoms with Crippen molar-refractivity contribution in [3.05, 3.63) is 66.4 Å². The zero-order valence-electron chi connectivity index (χ0n) is 12.9. The Morgan fingerprint density at radius 3 is 2.65 bits per heavy atom. The van der Waals surface area contributed by atoms with Gasteiger partial charge in [-0.1, -0.05) is 12.1 Å². The molecule has 0 saturated carbocycles. The number of aliphatic hydroxyl groups is 1. The van der Waals surface area contributed by atoms with Crippen LogP contribution in [0.1, 0.15) is 18.2 Å². The van der Waals surface area contributed by atoms with Crippen molar-refractivity contribution in [3.63, 3.8) is 0 Å². The van der Waals surface area contributed by atoms with E-state index in [-0.39, 0.29) is 5.75 Å². The normalized spacial score (nSPS) is 12.3. The molecule has 0 amide bonds. The maximum absolute atomic E-state index is 9.84. The Bertz CT molecular complexity index is 782. The minimum Gasteiger partial charge on any atom is -0.508 e. The lowest BCUT2D eigenvalue weighted by atomic mass is 10.1. The molecule has 0 bridgehead atoms. The highest BCUT2D eigenvalue weighted by atomic mass is 16.3. The molecule has 0 radical (unpaired) electrons. The number of hydrogen-bond donors (Lipinski definition) is 2. The minimum absolute atomic E-state index is 0.244. The molecular weight excluding hydrogens is 290 g/mol. The third-order valence-corrected chi connectivity index (χ3v) is 3.65. The highest BCUT2D eigenvalue weighted by Crippen LogP contribution is 2.24. The molecule has 1 unspecified atom stereocenters. The molecule has 5 heteroatoms. The predicted molar refractivity (Wildman–Crippen MR) is 88.1 cm³/mol. The quantitative estimate of drug-likeness (QED) is 0.760. The Hall–Kier alpha value is -2.66. The molecule has 3 aromatic rings. The van der Waals surface area contributed by atoms with Crippen LogP contribution in [0.25, 0.3) is 11.3 Å². The molecule has 5 nitrogen and oxygen atoms in total. The summed E-state index contributed by atoms with van der Waals surface area (Å²) in [4.78, 5) is 8.55. The molecule has 3 rings (SSSR count). The Morgan fingerprint density at radius 1 is 1.17 bits per heavy atom. The molecule has 0 aliphatic heterocycles. The van der Waals surface area contributed by atoms with Gasteiger partial charge in [-0.05, 0) is 36.8 Å². The number of aliphatic hydroxyl groups excluding tert-OH is 1. The molecule has 0 spiro atoms. The van der Waals surface area contributed by atoms with Gasteiger partial charge in [0.2, 0.25) is 0 Å². The summed E-state index contributed by atoms with van der Waals surface area (Å²) in [7, 11) is 0. The lowest BCUT2D eigenvalue weighted by molar-refractivity contribution is 0.193. The maximum atomic E-state index is 9.84. The molecule has 0 aliphatic rings. The summed E-state index contributed by atoms with van der Waals surface area (Å²) >= 11 is 0. The fourth-order valence-corrected chi connectivity index (χ4v) is 2.64. The standard InChI is InChI=1S/C18H19N3O2/c1-13(22)9-17-18(15-5-7-19-8-6-15)20-12-21(17)11-14-3-2-4-16(23)10-14/h2-8,10,12-13,22-23H,9,11H2,1H3. The van der Waals surface area contributed by atoms with E-state index in [4.69, 9.17) is 0 Å². The highest BCUT2D eigenvalue weighted by Gasteiger charge is 2.15. The van der Waals surface area contributed by atoms with Crippen molar-refractivity contribution in [2.24, 2.45) is 0 Å². The number of pyridine rings is 1. The smallest absolute Gasteiger partial charge is 0.115 e. The Labute approximate surface area is 134 Å². The molecule has 0 aliphatic carbocycles. The summed E-state index contributed by atoms with van der Waals surface area (Å²) in [5.74, 6) is 0.244. The second-order valence-electron chi connectivity index (χ2n) is 5.63. The van der Waals surface area contributed by atoms with Gasteiger partial charge in [-0.25, -0.2) is 4.98 Å². The number of aromatic nitrogens is 3. The van der Waals surface area contributed by atoms with Crippen molar-refractivity contribution in [1.82, 2.24) is 14.5 Å². The first kappa shape index (κ1) is 15.2. The van der Waals surface area contributed by atoms with Crippen LogP contribution in [0.4, 0.5) is 0 Å². The largest absolute Gasteiger partial charge is 0.508 e. The van der Waals surface area contributed by atoms with Gasteiger partial charge in [-0.2, -0.15) is 0 Å². The van der Waals surface area contributed by atoms with E-state index in [1.165, 1.54) is 0 Å². The first-order valence-corrected chi connectivity index (χ1v) is 7.54. The zero-order chi connectivity index (χ0) is 16.2. The van der Waals surface area contributed by atoms with Crippen LogP contribution in [0, 0.1) is 0 Å². The van der Waals surface area contributed by atoms with Gasteiger partial charge in [-0.3, -0.25) is 4.98 Å². The third kappa shape index (κ3) is 3.57. The van der Waals surface area contributed by atoms with Crippen LogP contribution in [0.2, 0.25) is 0 Å². The van der Waals surface area contributed by atoms with E-state index in [1.807, 2.05) is 28.8 Å². The van der Waals surface area contributed by atoms with E-state index in [2.05, 4.69) is 9.97 Å². The number of aromatic hydroxyl groups is 1. The van der Waals surface area contributed by atoms with E-state index < -0.39 is 6.10 Å². The van der Waals surface area contributed by atoms with Gasteiger partial charge in [0, 0.05) is 36.6 Å². The van der Waals surface area contributed by atoms with Crippen molar-refractivity contribution < 1.29 is 10.2 Å². The van der Waals surface area contributed by atoms with Crippen LogP contribution < -0.4 is 0 Å².